The van der Waals surface area contributed by atoms with Crippen molar-refractivity contribution in [3.8, 4) is 22.6 Å². The van der Waals surface area contributed by atoms with Crippen LogP contribution in [0.2, 0.25) is 0 Å². The van der Waals surface area contributed by atoms with Crippen LogP contribution in [-0.2, 0) is 9.59 Å². The summed E-state index contributed by atoms with van der Waals surface area (Å²) in [5.41, 5.74) is 0.337. The van der Waals surface area contributed by atoms with Gasteiger partial charge in [-0.2, -0.15) is 0 Å². The predicted molar refractivity (Wildman–Crippen MR) is 254 cm³/mol. The molecule has 0 saturated carbocycles. The van der Waals surface area contributed by atoms with Gasteiger partial charge in [-0.05, 0) is 112 Å². The van der Waals surface area contributed by atoms with E-state index in [1.54, 1.807) is 0 Å². The molecular formula is C54H48O4P2. The highest BCUT2D eigenvalue weighted by molar-refractivity contribution is 7.81. The summed E-state index contributed by atoms with van der Waals surface area (Å²) in [4.78, 5) is 28.4. The van der Waals surface area contributed by atoms with Gasteiger partial charge >= 0.3 is 11.9 Å². The van der Waals surface area contributed by atoms with Crippen LogP contribution < -0.4 is 41.3 Å². The van der Waals surface area contributed by atoms with Gasteiger partial charge < -0.3 is 9.47 Å². The number of carbonyl (C=O) groups is 2. The van der Waals surface area contributed by atoms with E-state index in [0.717, 1.165) is 64.5 Å². The normalized spacial score (nSPS) is 11.9. The fourth-order valence-electron chi connectivity index (χ4n) is 7.36. The summed E-state index contributed by atoms with van der Waals surface area (Å²) in [5, 5.41) is 10.1. The van der Waals surface area contributed by atoms with Crippen LogP contribution in [0.5, 0.6) is 11.5 Å². The summed E-state index contributed by atoms with van der Waals surface area (Å²) < 4.78 is 13.4. The zero-order valence-corrected chi connectivity index (χ0v) is 36.6. The first-order valence-electron chi connectivity index (χ1n) is 20.3. The topological polar surface area (TPSA) is 52.6 Å². The van der Waals surface area contributed by atoms with Crippen molar-refractivity contribution in [3.05, 3.63) is 182 Å². The van der Waals surface area contributed by atoms with Crippen LogP contribution in [0.15, 0.2) is 182 Å². The first kappa shape index (κ1) is 40.8. The molecule has 0 aromatic heterocycles. The second kappa shape index (κ2) is 17.0. The van der Waals surface area contributed by atoms with Crippen LogP contribution in [0.3, 0.4) is 0 Å². The van der Waals surface area contributed by atoms with Crippen molar-refractivity contribution in [1.82, 2.24) is 0 Å². The first-order chi connectivity index (χ1) is 28.9. The Hall–Kier alpha value is -5.92. The molecule has 298 valence electrons. The number of hydrogen-bond donors (Lipinski definition) is 0. The molecule has 0 aliphatic heterocycles. The monoisotopic (exact) mass is 822 g/mol. The molecule has 6 heteroatoms. The number of fused-ring (bicyclic) bond motifs is 2. The molecule has 0 atom stereocenters. The molecule has 0 fully saturated rings. The number of carbonyl (C=O) groups excluding carboxylic acids is 2. The molecule has 0 unspecified atom stereocenters. The van der Waals surface area contributed by atoms with E-state index < -0.39 is 26.7 Å². The van der Waals surface area contributed by atoms with Gasteiger partial charge in [0.15, 0.2) is 0 Å². The second-order valence-electron chi connectivity index (χ2n) is 16.9. The van der Waals surface area contributed by atoms with Gasteiger partial charge in [-0.1, -0.05) is 170 Å². The zero-order chi connectivity index (χ0) is 42.0. The molecule has 8 rings (SSSR count). The smallest absolute Gasteiger partial charge is 0.316 e. The van der Waals surface area contributed by atoms with Gasteiger partial charge in [0.25, 0.3) is 0 Å². The lowest BCUT2D eigenvalue weighted by Crippen LogP contribution is -2.32. The molecule has 60 heavy (non-hydrogen) atoms. The number of benzene rings is 8. The van der Waals surface area contributed by atoms with E-state index >= 15 is 0 Å². The minimum Gasteiger partial charge on any atom is -0.425 e. The highest BCUT2D eigenvalue weighted by Crippen LogP contribution is 2.50. The largest absolute Gasteiger partial charge is 0.425 e. The lowest BCUT2D eigenvalue weighted by atomic mass is 9.92. The summed E-state index contributed by atoms with van der Waals surface area (Å²) in [6.07, 6.45) is 0. The average Bonchev–Trinajstić information content (AvgIpc) is 3.25. The summed E-state index contributed by atoms with van der Waals surface area (Å²) in [7, 11) is -2.74. The van der Waals surface area contributed by atoms with Crippen molar-refractivity contribution in [2.24, 2.45) is 10.8 Å². The van der Waals surface area contributed by atoms with E-state index in [1.165, 1.54) is 0 Å². The highest BCUT2D eigenvalue weighted by atomic mass is 31.1. The third kappa shape index (κ3) is 8.28. The van der Waals surface area contributed by atoms with Crippen LogP contribution in [0.1, 0.15) is 41.5 Å². The molecule has 8 aromatic rings. The lowest BCUT2D eigenvalue weighted by Gasteiger charge is -2.31. The quantitative estimate of drug-likeness (QED) is 0.0827. The molecule has 8 aromatic carbocycles. The van der Waals surface area contributed by atoms with Gasteiger partial charge in [-0.15, -0.1) is 0 Å². The minimum absolute atomic E-state index is 0.324. The average molecular weight is 823 g/mol. The maximum atomic E-state index is 14.2. The Balaban J connectivity index is 1.64. The zero-order valence-electron chi connectivity index (χ0n) is 34.8. The molecule has 0 aliphatic rings. The Morgan fingerprint density at radius 1 is 0.383 bits per heavy atom. The highest BCUT2D eigenvalue weighted by Gasteiger charge is 2.36. The predicted octanol–water partition coefficient (Wildman–Crippen LogP) is 11.1. The summed E-state index contributed by atoms with van der Waals surface area (Å²) >= 11 is 0. The molecule has 0 N–H and O–H groups in total. The molecule has 4 nitrogen and oxygen atoms in total. The minimum atomic E-state index is -1.37. The van der Waals surface area contributed by atoms with Gasteiger partial charge in [-0.3, -0.25) is 9.59 Å². The molecule has 0 radical (unpaired) electrons. The number of hydrogen-bond acceptors (Lipinski definition) is 4. The number of ether oxygens (including phenoxy) is 2. The van der Waals surface area contributed by atoms with Crippen LogP contribution in [0.25, 0.3) is 32.7 Å². The summed E-state index contributed by atoms with van der Waals surface area (Å²) in [5.74, 6) is 0.376. The molecule has 0 amide bonds. The van der Waals surface area contributed by atoms with E-state index in [-0.39, 0.29) is 11.9 Å². The Morgan fingerprint density at radius 3 is 0.933 bits per heavy atom. The summed E-state index contributed by atoms with van der Waals surface area (Å²) in [6.45, 7) is 11.3. The van der Waals surface area contributed by atoms with Crippen molar-refractivity contribution in [2.75, 3.05) is 0 Å². The van der Waals surface area contributed by atoms with Gasteiger partial charge in [0, 0.05) is 21.7 Å². The van der Waals surface area contributed by atoms with Crippen LogP contribution >= 0.6 is 15.8 Å². The molecule has 0 spiro atoms. The standard InChI is InChI=1S/C54H48O4P2/c1-53(2,3)51(55)57-45-35-37-23-19-21-33-43(37)47(49(45)59(39-25-11-7-12-26-39)40-27-13-8-14-28-40)48-44-34-22-20-24-38(44)36-46(58-52(56)54(4,5)6)50(48)60(41-29-15-9-16-30-41)42-31-17-10-18-32-42/h7-36H,1-6H3. The Kier molecular flexibility index (Phi) is 11.6. The summed E-state index contributed by atoms with van der Waals surface area (Å²) in [6, 6.07) is 63.0. The first-order valence-corrected chi connectivity index (χ1v) is 23.0. The van der Waals surface area contributed by atoms with E-state index in [2.05, 4.69) is 133 Å². The fraction of sp³-hybridized carbons (Fsp3) is 0.148. The maximum absolute atomic E-state index is 14.2. The molecule has 0 aliphatic carbocycles. The van der Waals surface area contributed by atoms with E-state index in [4.69, 9.17) is 9.47 Å². The molecule has 0 bridgehead atoms. The maximum Gasteiger partial charge on any atom is 0.316 e. The van der Waals surface area contributed by atoms with Gasteiger partial charge in [-0.25, -0.2) is 0 Å². The Morgan fingerprint density at radius 2 is 0.650 bits per heavy atom. The fourth-order valence-corrected chi connectivity index (χ4v) is 12.4. The van der Waals surface area contributed by atoms with Crippen LogP contribution in [0, 0.1) is 10.8 Å². The van der Waals surface area contributed by atoms with Crippen molar-refractivity contribution in [3.63, 3.8) is 0 Å². The second-order valence-corrected chi connectivity index (χ2v) is 21.2. The molecular weight excluding hydrogens is 775 g/mol. The van der Waals surface area contributed by atoms with Crippen molar-refractivity contribution >= 4 is 81.2 Å². The van der Waals surface area contributed by atoms with Gasteiger partial charge in [0.1, 0.15) is 11.5 Å². The Bertz CT molecular complexity index is 2530. The molecule has 0 heterocycles. The third-order valence-electron chi connectivity index (χ3n) is 10.4. The van der Waals surface area contributed by atoms with E-state index in [9.17, 15) is 9.59 Å². The van der Waals surface area contributed by atoms with E-state index in [0.29, 0.717) is 11.5 Å². The number of esters is 2. The van der Waals surface area contributed by atoms with Crippen molar-refractivity contribution in [2.45, 2.75) is 41.5 Å². The number of rotatable bonds is 9. The molecule has 0 saturated heterocycles. The third-order valence-corrected chi connectivity index (χ3v) is 15.4. The van der Waals surface area contributed by atoms with Crippen LogP contribution in [0.4, 0.5) is 0 Å². The van der Waals surface area contributed by atoms with E-state index in [1.807, 2.05) is 90.1 Å². The lowest BCUT2D eigenvalue weighted by molar-refractivity contribution is -0.143. The van der Waals surface area contributed by atoms with Crippen molar-refractivity contribution in [1.29, 1.82) is 0 Å². The SMILES string of the molecule is CC(C)(C)C(=O)Oc1cc2ccccc2c(-c2c(P(c3ccccc3)c3ccccc3)c(OC(=O)C(C)(C)C)cc3ccccc23)c1P(c1ccccc1)c1ccccc1. The van der Waals surface area contributed by atoms with Crippen molar-refractivity contribution < 1.29 is 19.1 Å². The van der Waals surface area contributed by atoms with Crippen LogP contribution in [-0.4, -0.2) is 11.9 Å². The van der Waals surface area contributed by atoms with Gasteiger partial charge in [0.2, 0.25) is 0 Å². The van der Waals surface area contributed by atoms with Gasteiger partial charge in [0.05, 0.1) is 10.8 Å². The Labute approximate surface area is 355 Å².